The van der Waals surface area contributed by atoms with Crippen LogP contribution in [-0.4, -0.2) is 33.4 Å². The number of nitrogens with two attached hydrogens (primary N) is 1. The first-order valence-electron chi connectivity index (χ1n) is 6.55. The van der Waals surface area contributed by atoms with Gasteiger partial charge in [-0.3, -0.25) is 0 Å². The molecule has 1 aliphatic rings. The van der Waals surface area contributed by atoms with Crippen LogP contribution in [0.2, 0.25) is 5.02 Å². The molecule has 1 heterocycles. The first-order valence-corrected chi connectivity index (χ1v) is 6.93. The van der Waals surface area contributed by atoms with Gasteiger partial charge in [-0.1, -0.05) is 17.7 Å². The molecule has 0 radical (unpaired) electrons. The molecule has 0 amide bonds. The Labute approximate surface area is 121 Å². The van der Waals surface area contributed by atoms with Gasteiger partial charge in [0.05, 0.1) is 22.9 Å². The van der Waals surface area contributed by atoms with Crippen LogP contribution in [0.5, 0.6) is 0 Å². The molecule has 106 valence electrons. The maximum absolute atomic E-state index is 6.26. The lowest BCUT2D eigenvalue weighted by Gasteiger charge is -2.13. The molecule has 2 N–H and O–H groups in total. The number of halogens is 1. The average molecular weight is 294 g/mol. The zero-order valence-electron chi connectivity index (χ0n) is 11.2. The SMILES string of the molecule is COC1CCC(n2nnnc2-c2cccc(N)c2Cl)C1. The number of anilines is 1. The van der Waals surface area contributed by atoms with E-state index in [2.05, 4.69) is 15.5 Å². The Bertz CT molecular complexity index is 615. The Morgan fingerprint density at radius 2 is 2.25 bits per heavy atom. The molecule has 2 aromatic rings. The largest absolute Gasteiger partial charge is 0.398 e. The monoisotopic (exact) mass is 293 g/mol. The van der Waals surface area contributed by atoms with Crippen molar-refractivity contribution in [3.63, 3.8) is 0 Å². The van der Waals surface area contributed by atoms with Crippen molar-refractivity contribution in [2.45, 2.75) is 31.4 Å². The summed E-state index contributed by atoms with van der Waals surface area (Å²) in [5, 5.41) is 12.5. The number of nitrogens with zero attached hydrogens (tertiary/aromatic N) is 4. The topological polar surface area (TPSA) is 78.8 Å². The van der Waals surface area contributed by atoms with Gasteiger partial charge in [0.1, 0.15) is 0 Å². The third-order valence-electron chi connectivity index (χ3n) is 3.80. The molecule has 1 saturated carbocycles. The summed E-state index contributed by atoms with van der Waals surface area (Å²) in [4.78, 5) is 0. The molecular weight excluding hydrogens is 278 g/mol. The smallest absolute Gasteiger partial charge is 0.183 e. The number of nitrogen functional groups attached to an aromatic ring is 1. The number of methoxy groups -OCH3 is 1. The van der Waals surface area contributed by atoms with Crippen molar-refractivity contribution in [2.75, 3.05) is 12.8 Å². The second kappa shape index (κ2) is 5.38. The number of rotatable bonds is 3. The first kappa shape index (κ1) is 13.3. The van der Waals surface area contributed by atoms with Gasteiger partial charge in [-0.25, -0.2) is 4.68 Å². The minimum absolute atomic E-state index is 0.238. The van der Waals surface area contributed by atoms with E-state index in [1.54, 1.807) is 13.2 Å². The zero-order chi connectivity index (χ0) is 14.1. The molecule has 2 atom stereocenters. The standard InChI is InChI=1S/C13H16ClN5O/c1-20-9-6-5-8(7-9)19-13(16-17-18-19)10-3-2-4-11(15)12(10)14/h2-4,8-9H,5-7,15H2,1H3. The second-order valence-electron chi connectivity index (χ2n) is 4.98. The third kappa shape index (κ3) is 2.25. The fourth-order valence-electron chi connectivity index (χ4n) is 2.69. The predicted molar refractivity (Wildman–Crippen MR) is 76.4 cm³/mol. The highest BCUT2D eigenvalue weighted by atomic mass is 35.5. The van der Waals surface area contributed by atoms with E-state index in [0.717, 1.165) is 24.8 Å². The van der Waals surface area contributed by atoms with Crippen molar-refractivity contribution in [3.05, 3.63) is 23.2 Å². The number of tetrazole rings is 1. The van der Waals surface area contributed by atoms with E-state index >= 15 is 0 Å². The zero-order valence-corrected chi connectivity index (χ0v) is 11.9. The average Bonchev–Trinajstić information content (AvgIpc) is 3.09. The van der Waals surface area contributed by atoms with Crippen molar-refractivity contribution in [1.29, 1.82) is 0 Å². The van der Waals surface area contributed by atoms with Gasteiger partial charge >= 0.3 is 0 Å². The minimum Gasteiger partial charge on any atom is -0.398 e. The molecule has 7 heteroatoms. The van der Waals surface area contributed by atoms with E-state index in [4.69, 9.17) is 22.1 Å². The lowest BCUT2D eigenvalue weighted by atomic mass is 10.1. The van der Waals surface area contributed by atoms with Crippen molar-refractivity contribution >= 4 is 17.3 Å². The lowest BCUT2D eigenvalue weighted by Crippen LogP contribution is -2.12. The van der Waals surface area contributed by atoms with Crippen LogP contribution in [0.1, 0.15) is 25.3 Å². The highest BCUT2D eigenvalue weighted by molar-refractivity contribution is 6.35. The quantitative estimate of drug-likeness (QED) is 0.879. The maximum Gasteiger partial charge on any atom is 0.183 e. The molecule has 1 aromatic carbocycles. The number of hydrogen-bond donors (Lipinski definition) is 1. The van der Waals surface area contributed by atoms with Crippen LogP contribution in [0.3, 0.4) is 0 Å². The summed E-state index contributed by atoms with van der Waals surface area (Å²) in [6.45, 7) is 0. The summed E-state index contributed by atoms with van der Waals surface area (Å²) in [5.74, 6) is 0.657. The van der Waals surface area contributed by atoms with Crippen LogP contribution in [0.25, 0.3) is 11.4 Å². The predicted octanol–water partition coefficient (Wildman–Crippen LogP) is 2.32. The lowest BCUT2D eigenvalue weighted by molar-refractivity contribution is 0.105. The van der Waals surface area contributed by atoms with E-state index in [1.165, 1.54) is 0 Å². The fourth-order valence-corrected chi connectivity index (χ4v) is 2.90. The van der Waals surface area contributed by atoms with Crippen LogP contribution >= 0.6 is 11.6 Å². The molecule has 1 aliphatic carbocycles. The van der Waals surface area contributed by atoms with E-state index in [1.807, 2.05) is 16.8 Å². The molecule has 1 fully saturated rings. The van der Waals surface area contributed by atoms with Crippen molar-refractivity contribution < 1.29 is 4.74 Å². The Morgan fingerprint density at radius 3 is 3.00 bits per heavy atom. The highest BCUT2D eigenvalue weighted by Crippen LogP contribution is 2.36. The molecule has 20 heavy (non-hydrogen) atoms. The molecule has 0 saturated heterocycles. The fraction of sp³-hybridized carbons (Fsp3) is 0.462. The number of ether oxygens (including phenoxy) is 1. The van der Waals surface area contributed by atoms with Crippen molar-refractivity contribution in [3.8, 4) is 11.4 Å². The molecule has 6 nitrogen and oxygen atoms in total. The molecule has 1 aromatic heterocycles. The van der Waals surface area contributed by atoms with Crippen LogP contribution in [0.15, 0.2) is 18.2 Å². The Hall–Kier alpha value is -1.66. The van der Waals surface area contributed by atoms with Crippen LogP contribution in [0, 0.1) is 0 Å². The van der Waals surface area contributed by atoms with Gasteiger partial charge in [0.15, 0.2) is 5.82 Å². The first-order chi connectivity index (χ1) is 9.70. The summed E-state index contributed by atoms with van der Waals surface area (Å²) < 4.78 is 7.23. The molecule has 0 aliphatic heterocycles. The van der Waals surface area contributed by atoms with E-state index in [-0.39, 0.29) is 12.1 Å². The molecule has 0 bridgehead atoms. The van der Waals surface area contributed by atoms with Gasteiger partial charge in [0, 0.05) is 12.7 Å². The van der Waals surface area contributed by atoms with Crippen molar-refractivity contribution in [2.24, 2.45) is 0 Å². The van der Waals surface area contributed by atoms with Gasteiger partial charge < -0.3 is 10.5 Å². The molecule has 2 unspecified atom stereocenters. The minimum atomic E-state index is 0.238. The maximum atomic E-state index is 6.26. The van der Waals surface area contributed by atoms with Gasteiger partial charge in [0.2, 0.25) is 0 Å². The molecular formula is C13H16ClN5O. The summed E-state index contributed by atoms with van der Waals surface area (Å²) in [7, 11) is 1.74. The van der Waals surface area contributed by atoms with Gasteiger partial charge in [0.25, 0.3) is 0 Å². The summed E-state index contributed by atoms with van der Waals surface area (Å²) in [5.41, 5.74) is 7.13. The Balaban J connectivity index is 1.96. The number of hydrogen-bond acceptors (Lipinski definition) is 5. The normalized spacial score (nSPS) is 22.3. The Kier molecular flexibility index (Phi) is 3.58. The van der Waals surface area contributed by atoms with E-state index in [0.29, 0.717) is 16.5 Å². The van der Waals surface area contributed by atoms with Crippen LogP contribution in [-0.2, 0) is 4.74 Å². The van der Waals surface area contributed by atoms with E-state index in [9.17, 15) is 0 Å². The Morgan fingerprint density at radius 1 is 1.40 bits per heavy atom. The summed E-state index contributed by atoms with van der Waals surface area (Å²) in [6, 6.07) is 5.73. The van der Waals surface area contributed by atoms with Gasteiger partial charge in [-0.05, 0) is 41.8 Å². The highest BCUT2D eigenvalue weighted by Gasteiger charge is 2.29. The van der Waals surface area contributed by atoms with Crippen LogP contribution in [0.4, 0.5) is 5.69 Å². The number of aromatic nitrogens is 4. The summed E-state index contributed by atoms with van der Waals surface area (Å²) in [6.07, 6.45) is 3.20. The third-order valence-corrected chi connectivity index (χ3v) is 4.22. The van der Waals surface area contributed by atoms with Crippen molar-refractivity contribution in [1.82, 2.24) is 20.2 Å². The van der Waals surface area contributed by atoms with Crippen LogP contribution < -0.4 is 5.73 Å². The van der Waals surface area contributed by atoms with Gasteiger partial charge in [-0.15, -0.1) is 5.10 Å². The number of benzene rings is 1. The van der Waals surface area contributed by atoms with Gasteiger partial charge in [-0.2, -0.15) is 0 Å². The van der Waals surface area contributed by atoms with E-state index < -0.39 is 0 Å². The second-order valence-corrected chi connectivity index (χ2v) is 5.36. The summed E-state index contributed by atoms with van der Waals surface area (Å²) >= 11 is 6.26. The molecule has 0 spiro atoms. The molecule has 3 rings (SSSR count).